The second-order valence-electron chi connectivity index (χ2n) is 19.5. The number of aromatic hydroxyl groups is 2. The molecule has 0 bridgehead atoms. The topological polar surface area (TPSA) is 295 Å². The van der Waals surface area contributed by atoms with E-state index >= 15 is 0 Å². The number of anilines is 2. The standard InChI is InChI=1S/C56H60N16O5/c1-4-62-55(76)56-71(39-13-11-34(12-14-39)36-10-7-19-61-30-36)53(43-27-41-45(29-47(43)74)65-66-50(41)35-8-5-6-9-35)67-72(56)48-31-69(32-64-48)37-15-17-38(18-16-37)70(52(60)54(75)63-20-21-68-22-24-77-25-23-68)51(59)42-26-40(49(58)33(2)3)44(57)28-46(42)73/h7,10-19,26-33,35,60,62H,4-6,8-9,20-25H2,1-3H3,(H7,57,58,59,63,73,75,76)/p+2. The average molecular weight is 1040 g/mol. The smallest absolute Gasteiger partial charge is 0.345 e. The van der Waals surface area contributed by atoms with Crippen LogP contribution in [0.3, 0.4) is 0 Å². The molecule has 0 spiro atoms. The van der Waals surface area contributed by atoms with Crippen LogP contribution >= 0.6 is 0 Å². The van der Waals surface area contributed by atoms with E-state index in [-0.39, 0.29) is 76.0 Å². The average Bonchev–Trinajstić information content (AvgIpc) is 4.29. The number of nitrogen functional groups attached to an aromatic ring is 1. The van der Waals surface area contributed by atoms with Gasteiger partial charge >= 0.3 is 29.3 Å². The number of fused-ring (bicyclic) bond motifs is 1. The Hall–Kier alpha value is -9.08. The third-order valence-corrected chi connectivity index (χ3v) is 14.2. The highest BCUT2D eigenvalue weighted by atomic mass is 16.5. The number of morpholine rings is 1. The SMILES string of the molecule is CCNC(=O)c1n(-c2ccc(-c3cccnc3)cc2)c(-c2cc3c(C4CCCC4)n[nH]c3cc2O)n[n+]1-c1cn(-c2ccc(N(C(=N)c3cc(C(=N)C(C)C)c(N)cc3O)C(=[NH2+])C(=O)NCCN3CCOCC3)cc2)cn1. The molecule has 4 aromatic carbocycles. The maximum absolute atomic E-state index is 14.5. The molecule has 1 saturated carbocycles. The molecule has 10 rings (SSSR count). The number of amidine groups is 2. The van der Waals surface area contributed by atoms with Crippen LogP contribution in [0, 0.1) is 16.7 Å². The summed E-state index contributed by atoms with van der Waals surface area (Å²) >= 11 is 0. The zero-order valence-corrected chi connectivity index (χ0v) is 43.1. The Morgan fingerprint density at radius 3 is 2.39 bits per heavy atom. The summed E-state index contributed by atoms with van der Waals surface area (Å²) in [5.41, 5.74) is 12.3. The van der Waals surface area contributed by atoms with E-state index in [1.54, 1.807) is 64.4 Å². The Kier molecular flexibility index (Phi) is 14.7. The maximum Gasteiger partial charge on any atom is 0.345 e. The van der Waals surface area contributed by atoms with Crippen LogP contribution in [0.25, 0.3) is 50.6 Å². The van der Waals surface area contributed by atoms with Gasteiger partial charge in [0.1, 0.15) is 22.9 Å². The minimum Gasteiger partial charge on any atom is -0.507 e. The predicted molar refractivity (Wildman–Crippen MR) is 292 cm³/mol. The van der Waals surface area contributed by atoms with Gasteiger partial charge in [-0.2, -0.15) is 10.00 Å². The van der Waals surface area contributed by atoms with E-state index in [4.69, 9.17) is 36.5 Å². The third kappa shape index (κ3) is 10.4. The van der Waals surface area contributed by atoms with E-state index in [0.717, 1.165) is 61.0 Å². The molecule has 21 nitrogen and oxygen atoms in total. The molecule has 394 valence electrons. The first kappa shape index (κ1) is 51.4. The van der Waals surface area contributed by atoms with E-state index in [1.807, 2.05) is 63.2 Å². The summed E-state index contributed by atoms with van der Waals surface area (Å²) < 4.78 is 10.4. The maximum atomic E-state index is 14.5. The first-order valence-corrected chi connectivity index (χ1v) is 25.8. The van der Waals surface area contributed by atoms with E-state index in [1.165, 1.54) is 21.7 Å². The van der Waals surface area contributed by atoms with Crippen molar-refractivity contribution in [1.82, 2.24) is 49.9 Å². The van der Waals surface area contributed by atoms with Crippen molar-refractivity contribution in [2.45, 2.75) is 52.4 Å². The van der Waals surface area contributed by atoms with Gasteiger partial charge in [0, 0.05) is 91.2 Å². The number of benzene rings is 4. The Morgan fingerprint density at radius 1 is 0.948 bits per heavy atom. The van der Waals surface area contributed by atoms with Crippen LogP contribution in [-0.4, -0.2) is 125 Å². The van der Waals surface area contributed by atoms with E-state index < -0.39 is 11.8 Å². The summed E-state index contributed by atoms with van der Waals surface area (Å²) in [5.74, 6) is -1.41. The lowest BCUT2D eigenvalue weighted by Crippen LogP contribution is -2.61. The Balaban J connectivity index is 1.04. The summed E-state index contributed by atoms with van der Waals surface area (Å²) in [6.45, 7) is 9.35. The van der Waals surface area contributed by atoms with Gasteiger partial charge in [-0.05, 0) is 91.4 Å². The number of pyridine rings is 1. The number of amides is 2. The van der Waals surface area contributed by atoms with Crippen molar-refractivity contribution in [3.8, 4) is 51.2 Å². The lowest BCUT2D eigenvalue weighted by Gasteiger charge is -2.26. The summed E-state index contributed by atoms with van der Waals surface area (Å²) in [7, 11) is 0. The van der Waals surface area contributed by atoms with Gasteiger partial charge in [-0.1, -0.05) is 59.7 Å². The fourth-order valence-electron chi connectivity index (χ4n) is 10.0. The molecule has 0 atom stereocenters. The first-order valence-electron chi connectivity index (χ1n) is 25.8. The molecule has 4 aromatic heterocycles. The van der Waals surface area contributed by atoms with Crippen LogP contribution in [0.15, 0.2) is 110 Å². The highest BCUT2D eigenvalue weighted by Crippen LogP contribution is 2.41. The number of phenolic OH excluding ortho intramolecular Hbond substituents is 2. The second-order valence-corrected chi connectivity index (χ2v) is 19.5. The van der Waals surface area contributed by atoms with Crippen molar-refractivity contribution in [3.05, 3.63) is 132 Å². The number of hydrogen-bond acceptors (Lipinski definition) is 13. The van der Waals surface area contributed by atoms with E-state index in [2.05, 4.69) is 25.6 Å². The minimum atomic E-state index is -0.633. The minimum absolute atomic E-state index is 0.00226. The van der Waals surface area contributed by atoms with Gasteiger partial charge in [0.2, 0.25) is 11.7 Å². The van der Waals surface area contributed by atoms with Crippen LogP contribution in [0.4, 0.5) is 11.4 Å². The molecule has 8 aromatic rings. The number of hydrogen-bond donors (Lipinski definition) is 9. The van der Waals surface area contributed by atoms with Gasteiger partial charge < -0.3 is 36.7 Å². The molecule has 77 heavy (non-hydrogen) atoms. The molecular weight excluding hydrogens is 977 g/mol. The van der Waals surface area contributed by atoms with Crippen molar-refractivity contribution in [2.24, 2.45) is 5.92 Å². The van der Waals surface area contributed by atoms with Crippen LogP contribution < -0.4 is 31.4 Å². The van der Waals surface area contributed by atoms with Crippen molar-refractivity contribution < 1.29 is 34.6 Å². The normalized spacial score (nSPS) is 14.0. The van der Waals surface area contributed by atoms with Gasteiger partial charge in [-0.25, -0.2) is 4.57 Å². The zero-order valence-electron chi connectivity index (χ0n) is 43.1. The van der Waals surface area contributed by atoms with Gasteiger partial charge in [0.25, 0.3) is 0 Å². The molecule has 0 radical (unpaired) electrons. The fraction of sp³-hybridized carbons (Fsp3) is 0.286. The van der Waals surface area contributed by atoms with Gasteiger partial charge in [-0.3, -0.25) is 40.0 Å². The number of aromatic amines is 1. The largest absolute Gasteiger partial charge is 0.507 e. The molecule has 5 heterocycles. The van der Waals surface area contributed by atoms with Gasteiger partial charge in [0.05, 0.1) is 41.7 Å². The highest BCUT2D eigenvalue weighted by Gasteiger charge is 2.37. The summed E-state index contributed by atoms with van der Waals surface area (Å²) in [5, 5.41) is 67.6. The number of aromatic nitrogens is 8. The monoisotopic (exact) mass is 1040 g/mol. The molecule has 1 aliphatic carbocycles. The van der Waals surface area contributed by atoms with Crippen LogP contribution in [0.5, 0.6) is 11.5 Å². The van der Waals surface area contributed by atoms with Crippen LogP contribution in [0.2, 0.25) is 0 Å². The van der Waals surface area contributed by atoms with E-state index in [9.17, 15) is 25.2 Å². The first-order chi connectivity index (χ1) is 37.3. The lowest BCUT2D eigenvalue weighted by molar-refractivity contribution is -0.662. The number of nitrogens with one attached hydrogen (secondary N) is 5. The number of H-pyrrole nitrogens is 1. The number of ether oxygens (including phenoxy) is 1. The van der Waals surface area contributed by atoms with Crippen molar-refractivity contribution >= 4 is 51.5 Å². The molecule has 11 N–H and O–H groups in total. The number of carbonyl (C=O) groups is 2. The number of phenols is 2. The third-order valence-electron chi connectivity index (χ3n) is 14.2. The summed E-state index contributed by atoms with van der Waals surface area (Å²) in [6.07, 6.45) is 11.0. The summed E-state index contributed by atoms with van der Waals surface area (Å²) in [4.78, 5) is 40.9. The van der Waals surface area contributed by atoms with E-state index in [0.29, 0.717) is 60.0 Å². The van der Waals surface area contributed by atoms with Crippen LogP contribution in [-0.2, 0) is 9.53 Å². The van der Waals surface area contributed by atoms with Crippen LogP contribution in [0.1, 0.15) is 79.8 Å². The number of nitrogens with two attached hydrogens (primary N) is 2. The molecule has 1 aliphatic heterocycles. The molecular formula is C56H62N16O5+2. The molecule has 2 amide bonds. The molecule has 2 aliphatic rings. The van der Waals surface area contributed by atoms with Crippen molar-refractivity contribution in [1.29, 1.82) is 10.8 Å². The Labute approximate surface area is 443 Å². The van der Waals surface area contributed by atoms with Gasteiger partial charge in [-0.15, -0.1) is 0 Å². The number of rotatable bonds is 15. The number of nitrogens with zero attached hydrogens (tertiary/aromatic N) is 9. The Bertz CT molecular complexity index is 3520. The number of carbonyl (C=O) groups excluding carboxylic acids is 2. The van der Waals surface area contributed by atoms with Crippen molar-refractivity contribution in [2.75, 3.05) is 56.6 Å². The fourth-order valence-corrected chi connectivity index (χ4v) is 10.0. The molecule has 1 saturated heterocycles. The second kappa shape index (κ2) is 22.0. The van der Waals surface area contributed by atoms with Gasteiger partial charge in [0.15, 0.2) is 6.33 Å². The zero-order chi connectivity index (χ0) is 53.9. The highest BCUT2D eigenvalue weighted by molar-refractivity contribution is 6.47. The number of imidazole rings is 1. The predicted octanol–water partition coefficient (Wildman–Crippen LogP) is 4.80. The molecule has 2 fully saturated rings. The summed E-state index contributed by atoms with van der Waals surface area (Å²) in [6, 6.07) is 24.7. The lowest BCUT2D eigenvalue weighted by atomic mass is 9.95. The van der Waals surface area contributed by atoms with Crippen molar-refractivity contribution in [3.63, 3.8) is 0 Å². The Morgan fingerprint density at radius 2 is 1.69 bits per heavy atom. The molecule has 21 heteroatoms. The molecule has 0 unspecified atom stereocenters. The quantitative estimate of drug-likeness (QED) is 0.0290.